The smallest absolute Gasteiger partial charge is 0.264 e. The average Bonchev–Trinajstić information content (AvgIpc) is 2.72. The van der Waals surface area contributed by atoms with Crippen LogP contribution >= 0.6 is 0 Å². The highest BCUT2D eigenvalue weighted by Crippen LogP contribution is 2.28. The van der Waals surface area contributed by atoms with E-state index in [2.05, 4.69) is 0 Å². The van der Waals surface area contributed by atoms with Crippen LogP contribution < -0.4 is 4.31 Å². The lowest BCUT2D eigenvalue weighted by atomic mass is 9.91. The molecule has 2 unspecified atom stereocenters. The van der Waals surface area contributed by atoms with Gasteiger partial charge >= 0.3 is 0 Å². The molecule has 1 fully saturated rings. The van der Waals surface area contributed by atoms with Gasteiger partial charge < -0.3 is 10.0 Å². The molecular weight excluding hydrogens is 400 g/mol. The van der Waals surface area contributed by atoms with Crippen molar-refractivity contribution in [1.29, 1.82) is 0 Å². The Labute approximate surface area is 179 Å². The number of carbonyl (C=O) groups excluding carboxylic acids is 1. The number of aliphatic hydroxyl groups is 1. The minimum absolute atomic E-state index is 0.143. The van der Waals surface area contributed by atoms with Crippen molar-refractivity contribution in [3.05, 3.63) is 59.7 Å². The number of aliphatic hydroxyl groups excluding tert-OH is 1. The fourth-order valence-corrected chi connectivity index (χ4v) is 5.42. The van der Waals surface area contributed by atoms with E-state index in [1.54, 1.807) is 43.4 Å². The summed E-state index contributed by atoms with van der Waals surface area (Å²) in [6.07, 6.45) is 2.69. The van der Waals surface area contributed by atoms with Gasteiger partial charge in [-0.15, -0.1) is 0 Å². The standard InChI is InChI=1S/C23H30N2O4S/c1-17-12-14-19(15-13-17)30(28,29)25(20-9-5-4-8-18(20)2)16-23(27)24(3)21-10-6-7-11-22(21)26/h4-5,8-9,12-15,21-22,26H,6-7,10-11,16H2,1-3H3. The Balaban J connectivity index is 1.95. The first kappa shape index (κ1) is 22.3. The van der Waals surface area contributed by atoms with Crippen molar-refractivity contribution in [2.45, 2.75) is 56.6 Å². The number of anilines is 1. The Morgan fingerprint density at radius 2 is 1.67 bits per heavy atom. The molecule has 0 spiro atoms. The summed E-state index contributed by atoms with van der Waals surface area (Å²) >= 11 is 0. The molecule has 1 amide bonds. The van der Waals surface area contributed by atoms with E-state index in [1.807, 2.05) is 26.0 Å². The van der Waals surface area contributed by atoms with Crippen LogP contribution in [0.2, 0.25) is 0 Å². The number of benzene rings is 2. The van der Waals surface area contributed by atoms with Crippen LogP contribution in [0.15, 0.2) is 53.4 Å². The maximum absolute atomic E-state index is 13.5. The lowest BCUT2D eigenvalue weighted by molar-refractivity contribution is -0.133. The van der Waals surface area contributed by atoms with E-state index in [9.17, 15) is 18.3 Å². The first-order valence-corrected chi connectivity index (χ1v) is 11.7. The van der Waals surface area contributed by atoms with Crippen LogP contribution in [0.5, 0.6) is 0 Å². The molecule has 2 aromatic rings. The molecule has 3 rings (SSSR count). The van der Waals surface area contributed by atoms with Crippen LogP contribution in [0.1, 0.15) is 36.8 Å². The van der Waals surface area contributed by atoms with E-state index in [-0.39, 0.29) is 23.4 Å². The largest absolute Gasteiger partial charge is 0.391 e. The predicted molar refractivity (Wildman–Crippen MR) is 118 cm³/mol. The lowest BCUT2D eigenvalue weighted by Crippen LogP contribution is -2.50. The molecule has 2 aromatic carbocycles. The molecule has 7 heteroatoms. The minimum atomic E-state index is -3.94. The third-order valence-corrected chi connectivity index (χ3v) is 7.63. The number of likely N-dealkylation sites (N-methyl/N-ethyl adjacent to an activating group) is 1. The van der Waals surface area contributed by atoms with E-state index in [0.717, 1.165) is 30.4 Å². The Morgan fingerprint density at radius 3 is 2.30 bits per heavy atom. The zero-order valence-electron chi connectivity index (χ0n) is 17.8. The van der Waals surface area contributed by atoms with Crippen LogP contribution in [0.25, 0.3) is 0 Å². The number of amides is 1. The summed E-state index contributed by atoms with van der Waals surface area (Å²) in [5.41, 5.74) is 2.20. The number of hydrogen-bond donors (Lipinski definition) is 1. The van der Waals surface area contributed by atoms with Crippen LogP contribution in [0.3, 0.4) is 0 Å². The van der Waals surface area contributed by atoms with Crippen molar-refractivity contribution in [3.63, 3.8) is 0 Å². The Hall–Kier alpha value is -2.38. The summed E-state index contributed by atoms with van der Waals surface area (Å²) in [6.45, 7) is 3.40. The van der Waals surface area contributed by atoms with Crippen LogP contribution in [-0.4, -0.2) is 50.1 Å². The number of sulfonamides is 1. The van der Waals surface area contributed by atoms with Gasteiger partial charge in [0.25, 0.3) is 10.0 Å². The molecule has 0 heterocycles. The van der Waals surface area contributed by atoms with Crippen LogP contribution in [0, 0.1) is 13.8 Å². The van der Waals surface area contributed by atoms with Crippen molar-refractivity contribution in [2.24, 2.45) is 0 Å². The molecule has 0 bridgehead atoms. The second-order valence-corrected chi connectivity index (χ2v) is 9.90. The Morgan fingerprint density at radius 1 is 1.03 bits per heavy atom. The molecule has 1 N–H and O–H groups in total. The second kappa shape index (κ2) is 9.18. The molecule has 0 radical (unpaired) electrons. The molecular formula is C23H30N2O4S. The maximum atomic E-state index is 13.5. The summed E-state index contributed by atoms with van der Waals surface area (Å²) in [4.78, 5) is 14.8. The molecule has 30 heavy (non-hydrogen) atoms. The van der Waals surface area contributed by atoms with Crippen LogP contribution in [0.4, 0.5) is 5.69 Å². The van der Waals surface area contributed by atoms with E-state index in [0.29, 0.717) is 12.1 Å². The molecule has 0 saturated heterocycles. The predicted octanol–water partition coefficient (Wildman–Crippen LogP) is 3.26. The molecule has 6 nitrogen and oxygen atoms in total. The first-order valence-electron chi connectivity index (χ1n) is 10.3. The van der Waals surface area contributed by atoms with Gasteiger partial charge in [0, 0.05) is 7.05 Å². The van der Waals surface area contributed by atoms with Gasteiger partial charge in [0.15, 0.2) is 0 Å². The number of aryl methyl sites for hydroxylation is 2. The minimum Gasteiger partial charge on any atom is -0.391 e. The van der Waals surface area contributed by atoms with E-state index in [1.165, 1.54) is 9.21 Å². The Kier molecular flexibility index (Phi) is 6.83. The normalized spacial score (nSPS) is 19.3. The highest BCUT2D eigenvalue weighted by molar-refractivity contribution is 7.92. The zero-order chi connectivity index (χ0) is 21.9. The van der Waals surface area contributed by atoms with Crippen molar-refractivity contribution < 1.29 is 18.3 Å². The molecule has 1 aliphatic carbocycles. The highest BCUT2D eigenvalue weighted by Gasteiger charge is 2.33. The van der Waals surface area contributed by atoms with Crippen molar-refractivity contribution in [2.75, 3.05) is 17.9 Å². The van der Waals surface area contributed by atoms with Gasteiger partial charge in [-0.05, 0) is 50.5 Å². The van der Waals surface area contributed by atoms with Gasteiger partial charge in [0.1, 0.15) is 6.54 Å². The number of para-hydroxylation sites is 1. The second-order valence-electron chi connectivity index (χ2n) is 8.04. The summed E-state index contributed by atoms with van der Waals surface area (Å²) < 4.78 is 28.2. The summed E-state index contributed by atoms with van der Waals surface area (Å²) in [7, 11) is -2.29. The summed E-state index contributed by atoms with van der Waals surface area (Å²) in [5.74, 6) is -0.333. The average molecular weight is 431 g/mol. The van der Waals surface area contributed by atoms with E-state index in [4.69, 9.17) is 0 Å². The van der Waals surface area contributed by atoms with E-state index < -0.39 is 16.1 Å². The fraction of sp³-hybridized carbons (Fsp3) is 0.435. The first-order chi connectivity index (χ1) is 14.2. The summed E-state index contributed by atoms with van der Waals surface area (Å²) in [6, 6.07) is 13.5. The maximum Gasteiger partial charge on any atom is 0.264 e. The number of hydrogen-bond acceptors (Lipinski definition) is 4. The number of nitrogens with zero attached hydrogens (tertiary/aromatic N) is 2. The molecule has 0 aromatic heterocycles. The summed E-state index contributed by atoms with van der Waals surface area (Å²) in [5, 5.41) is 10.3. The van der Waals surface area contributed by atoms with Crippen molar-refractivity contribution >= 4 is 21.6 Å². The molecule has 1 aliphatic rings. The van der Waals surface area contributed by atoms with Gasteiger partial charge in [-0.3, -0.25) is 9.10 Å². The Bertz CT molecular complexity index is 989. The molecule has 2 atom stereocenters. The molecule has 1 saturated carbocycles. The molecule has 162 valence electrons. The monoisotopic (exact) mass is 430 g/mol. The quantitative estimate of drug-likeness (QED) is 0.763. The number of rotatable bonds is 6. The van der Waals surface area contributed by atoms with E-state index >= 15 is 0 Å². The SMILES string of the molecule is Cc1ccc(S(=O)(=O)N(CC(=O)N(C)C2CCCCC2O)c2ccccc2C)cc1. The third-order valence-electron chi connectivity index (χ3n) is 5.86. The van der Waals surface area contributed by atoms with Crippen molar-refractivity contribution in [1.82, 2.24) is 4.90 Å². The lowest BCUT2D eigenvalue weighted by Gasteiger charge is -2.36. The fourth-order valence-electron chi connectivity index (χ4n) is 3.94. The van der Waals surface area contributed by atoms with Gasteiger partial charge in [0.2, 0.25) is 5.91 Å². The van der Waals surface area contributed by atoms with Crippen LogP contribution in [-0.2, 0) is 14.8 Å². The van der Waals surface area contributed by atoms with Crippen molar-refractivity contribution in [3.8, 4) is 0 Å². The number of carbonyl (C=O) groups is 1. The van der Waals surface area contributed by atoms with Gasteiger partial charge in [-0.2, -0.15) is 0 Å². The highest BCUT2D eigenvalue weighted by atomic mass is 32.2. The third kappa shape index (κ3) is 4.68. The molecule has 0 aliphatic heterocycles. The van der Waals surface area contributed by atoms with Gasteiger partial charge in [-0.1, -0.05) is 48.7 Å². The zero-order valence-corrected chi connectivity index (χ0v) is 18.6. The van der Waals surface area contributed by atoms with Gasteiger partial charge in [-0.25, -0.2) is 8.42 Å². The topological polar surface area (TPSA) is 77.9 Å². The van der Waals surface area contributed by atoms with Gasteiger partial charge in [0.05, 0.1) is 22.7 Å².